The number of rotatable bonds is 10. The second-order valence-corrected chi connectivity index (χ2v) is 13.1. The first kappa shape index (κ1) is 34.8. The van der Waals surface area contributed by atoms with E-state index in [1.807, 2.05) is 60.7 Å². The lowest BCUT2D eigenvalue weighted by atomic mass is 10.2. The molecule has 4 aromatic carbocycles. The highest BCUT2D eigenvalue weighted by atomic mass is 35.5. The normalized spacial score (nSPS) is 15.6. The molecule has 48 heavy (non-hydrogen) atoms. The topological polar surface area (TPSA) is 111 Å². The van der Waals surface area contributed by atoms with Crippen LogP contribution in [0.1, 0.15) is 22.3 Å². The molecule has 6 rings (SSSR count). The Labute approximate surface area is 295 Å². The maximum absolute atomic E-state index is 11.5. The van der Waals surface area contributed by atoms with Crippen molar-refractivity contribution >= 4 is 81.2 Å². The van der Waals surface area contributed by atoms with Crippen molar-refractivity contribution in [2.45, 2.75) is 12.8 Å². The number of imide groups is 2. The number of ether oxygens (including phenoxy) is 2. The summed E-state index contributed by atoms with van der Waals surface area (Å²) in [5.74, 6) is 0.414. The second kappa shape index (κ2) is 17.1. The molecule has 0 bridgehead atoms. The van der Waals surface area contributed by atoms with Gasteiger partial charge in [0, 0.05) is 12.8 Å². The van der Waals surface area contributed by atoms with Crippen LogP contribution in [-0.2, 0) is 22.4 Å². The lowest BCUT2D eigenvalue weighted by Crippen LogP contribution is -2.17. The van der Waals surface area contributed by atoms with E-state index in [-0.39, 0.29) is 22.3 Å². The smallest absolute Gasteiger partial charge is 0.290 e. The fourth-order valence-electron chi connectivity index (χ4n) is 4.44. The number of carbonyl (C=O) groups excluding carboxylic acids is 4. The molecule has 2 saturated heterocycles. The van der Waals surface area contributed by atoms with Gasteiger partial charge in [-0.1, -0.05) is 96.0 Å². The predicted octanol–water partition coefficient (Wildman–Crippen LogP) is 8.57. The summed E-state index contributed by atoms with van der Waals surface area (Å²) < 4.78 is 11.4. The van der Waals surface area contributed by atoms with E-state index in [0.29, 0.717) is 44.6 Å². The Kier molecular flexibility index (Phi) is 12.4. The van der Waals surface area contributed by atoms with Gasteiger partial charge in [-0.15, -0.1) is 0 Å². The molecular formula is C36H28Cl2N2O6S2. The molecule has 0 saturated carbocycles. The Morgan fingerprint density at radius 1 is 0.562 bits per heavy atom. The van der Waals surface area contributed by atoms with Crippen molar-refractivity contribution in [3.8, 4) is 11.5 Å². The van der Waals surface area contributed by atoms with E-state index in [4.69, 9.17) is 32.7 Å². The van der Waals surface area contributed by atoms with Crippen LogP contribution in [0.25, 0.3) is 12.2 Å². The van der Waals surface area contributed by atoms with Crippen molar-refractivity contribution in [1.82, 2.24) is 10.6 Å². The molecule has 0 atom stereocenters. The van der Waals surface area contributed by atoms with Gasteiger partial charge in [0.15, 0.2) is 0 Å². The van der Waals surface area contributed by atoms with Crippen LogP contribution in [0.4, 0.5) is 9.59 Å². The Morgan fingerprint density at radius 3 is 1.29 bits per heavy atom. The Balaban J connectivity index is 0.000000188. The van der Waals surface area contributed by atoms with Gasteiger partial charge < -0.3 is 9.47 Å². The third-order valence-corrected chi connectivity index (χ3v) is 8.99. The minimum Gasteiger partial charge on any atom is -0.492 e. The van der Waals surface area contributed by atoms with Crippen LogP contribution in [0.15, 0.2) is 107 Å². The summed E-state index contributed by atoms with van der Waals surface area (Å²) in [4.78, 5) is 46.1. The van der Waals surface area contributed by atoms with Gasteiger partial charge in [0.25, 0.3) is 22.3 Å². The number of amides is 4. The SMILES string of the molecule is O=C1NC(=O)C(=Cc2ccc(OCCc3ccccc3)c(Cl)c2)S1.O=C1NC(=O)C(=Cc2ccc(OCCc3ccccc3)c(Cl)c2)S1. The van der Waals surface area contributed by atoms with Crippen molar-refractivity contribution in [3.63, 3.8) is 0 Å². The third kappa shape index (κ3) is 10.3. The quantitative estimate of drug-likeness (QED) is 0.157. The molecule has 4 amide bonds. The van der Waals surface area contributed by atoms with Crippen LogP contribution < -0.4 is 20.1 Å². The molecule has 0 unspecified atom stereocenters. The molecule has 0 radical (unpaired) electrons. The van der Waals surface area contributed by atoms with Gasteiger partial charge in [-0.3, -0.25) is 29.8 Å². The van der Waals surface area contributed by atoms with Gasteiger partial charge in [0.05, 0.1) is 33.1 Å². The monoisotopic (exact) mass is 718 g/mol. The number of thioether (sulfide) groups is 2. The summed E-state index contributed by atoms with van der Waals surface area (Å²) in [5, 5.41) is 4.64. The highest BCUT2D eigenvalue weighted by Crippen LogP contribution is 2.31. The Bertz CT molecular complexity index is 1750. The number of benzene rings is 4. The van der Waals surface area contributed by atoms with Crippen molar-refractivity contribution in [3.05, 3.63) is 139 Å². The molecule has 244 valence electrons. The van der Waals surface area contributed by atoms with Gasteiger partial charge >= 0.3 is 0 Å². The molecule has 0 aliphatic carbocycles. The van der Waals surface area contributed by atoms with E-state index >= 15 is 0 Å². The number of halogens is 2. The largest absolute Gasteiger partial charge is 0.492 e. The minimum absolute atomic E-state index is 0.355. The standard InChI is InChI=1S/2C18H14ClNO3S/c2*19-14-10-13(11-16-17(21)20-18(22)24-16)6-7-15(14)23-9-8-12-4-2-1-3-5-12/h2*1-7,10-11H,8-9H2,(H,20,21,22). The summed E-state index contributed by atoms with van der Waals surface area (Å²) in [6.07, 6.45) is 4.85. The van der Waals surface area contributed by atoms with E-state index in [0.717, 1.165) is 47.5 Å². The molecule has 8 nitrogen and oxygen atoms in total. The first-order chi connectivity index (χ1) is 23.2. The second-order valence-electron chi connectivity index (χ2n) is 10.3. The first-order valence-electron chi connectivity index (χ1n) is 14.7. The highest BCUT2D eigenvalue weighted by molar-refractivity contribution is 8.18. The van der Waals surface area contributed by atoms with Crippen molar-refractivity contribution in [2.24, 2.45) is 0 Å². The zero-order valence-electron chi connectivity index (χ0n) is 25.2. The first-order valence-corrected chi connectivity index (χ1v) is 17.0. The molecule has 2 N–H and O–H groups in total. The number of hydrogen-bond acceptors (Lipinski definition) is 8. The van der Waals surface area contributed by atoms with Crippen LogP contribution in [0, 0.1) is 0 Å². The number of nitrogens with one attached hydrogen (secondary N) is 2. The summed E-state index contributed by atoms with van der Waals surface area (Å²) in [6.45, 7) is 1.05. The van der Waals surface area contributed by atoms with Gasteiger partial charge in [-0.25, -0.2) is 0 Å². The van der Waals surface area contributed by atoms with Gasteiger partial charge in [-0.2, -0.15) is 0 Å². The molecule has 0 spiro atoms. The molecule has 0 aromatic heterocycles. The number of hydrogen-bond donors (Lipinski definition) is 2. The molecule has 2 aliphatic rings. The molecule has 12 heteroatoms. The fraction of sp³-hybridized carbons (Fsp3) is 0.111. The summed E-state index contributed by atoms with van der Waals surface area (Å²) in [5.41, 5.74) is 3.87. The maximum atomic E-state index is 11.5. The lowest BCUT2D eigenvalue weighted by molar-refractivity contribution is -0.116. The molecule has 2 heterocycles. The molecular weight excluding hydrogens is 691 g/mol. The predicted molar refractivity (Wildman–Crippen MR) is 192 cm³/mol. The van der Waals surface area contributed by atoms with Crippen LogP contribution in [0.5, 0.6) is 11.5 Å². The van der Waals surface area contributed by atoms with Crippen LogP contribution in [-0.4, -0.2) is 35.5 Å². The Hall–Kier alpha value is -4.48. The average Bonchev–Trinajstić information content (AvgIpc) is 3.57. The van der Waals surface area contributed by atoms with Crippen molar-refractivity contribution in [1.29, 1.82) is 0 Å². The summed E-state index contributed by atoms with van der Waals surface area (Å²) in [7, 11) is 0. The van der Waals surface area contributed by atoms with E-state index in [9.17, 15) is 19.2 Å². The Morgan fingerprint density at radius 2 is 0.958 bits per heavy atom. The average molecular weight is 720 g/mol. The van der Waals surface area contributed by atoms with E-state index in [1.165, 1.54) is 11.1 Å². The van der Waals surface area contributed by atoms with Gasteiger partial charge in [0.2, 0.25) is 0 Å². The summed E-state index contributed by atoms with van der Waals surface area (Å²) in [6, 6.07) is 30.7. The van der Waals surface area contributed by atoms with Gasteiger partial charge in [0.1, 0.15) is 11.5 Å². The fourth-order valence-corrected chi connectivity index (χ4v) is 6.29. The molecule has 2 fully saturated rings. The van der Waals surface area contributed by atoms with Crippen LogP contribution >= 0.6 is 46.7 Å². The summed E-state index contributed by atoms with van der Waals surface area (Å²) >= 11 is 14.2. The van der Waals surface area contributed by atoms with Crippen LogP contribution in [0.3, 0.4) is 0 Å². The number of carbonyl (C=O) groups is 4. The zero-order chi connectivity index (χ0) is 33.9. The highest BCUT2D eigenvalue weighted by Gasteiger charge is 2.26. The van der Waals surface area contributed by atoms with Crippen LogP contribution in [0.2, 0.25) is 10.0 Å². The zero-order valence-corrected chi connectivity index (χ0v) is 28.4. The minimum atomic E-state index is -0.385. The maximum Gasteiger partial charge on any atom is 0.290 e. The molecule has 4 aromatic rings. The van der Waals surface area contributed by atoms with E-state index in [1.54, 1.807) is 48.6 Å². The van der Waals surface area contributed by atoms with E-state index < -0.39 is 0 Å². The van der Waals surface area contributed by atoms with Gasteiger partial charge in [-0.05, 0) is 82.2 Å². The lowest BCUT2D eigenvalue weighted by Gasteiger charge is -2.09. The molecule has 2 aliphatic heterocycles. The van der Waals surface area contributed by atoms with Crippen molar-refractivity contribution < 1.29 is 28.7 Å². The van der Waals surface area contributed by atoms with E-state index in [2.05, 4.69) is 10.6 Å². The third-order valence-electron chi connectivity index (χ3n) is 6.77. The van der Waals surface area contributed by atoms with Crippen molar-refractivity contribution in [2.75, 3.05) is 13.2 Å².